The molecule has 10 nitrogen and oxygen atoms in total. The number of rotatable bonds is 41. The van der Waals surface area contributed by atoms with Crippen molar-refractivity contribution in [3.8, 4) is 0 Å². The summed E-state index contributed by atoms with van der Waals surface area (Å²) >= 11 is 0. The summed E-state index contributed by atoms with van der Waals surface area (Å²) in [6, 6.07) is 0. The lowest BCUT2D eigenvalue weighted by Crippen LogP contribution is -2.37. The molecule has 1 aliphatic rings. The highest BCUT2D eigenvalue weighted by atomic mass is 16.7. The Kier molecular flexibility index (Phi) is 37.6. The van der Waals surface area contributed by atoms with Crippen molar-refractivity contribution >= 4 is 18.1 Å². The molecule has 1 heterocycles. The quantitative estimate of drug-likeness (QED) is 0.0275. The SMILES string of the molecule is CCCCC/C=C\C/C=C\CCCCCCC(CC(COC(=O)CCC(OCCCCCCCC)OCCCCCCCC)COC(=O)OC1CCN(CC)CC1)C(=O)O. The van der Waals surface area contributed by atoms with E-state index in [0.29, 0.717) is 26.1 Å². The number of aliphatic carboxylic acids is 1. The molecule has 2 unspecified atom stereocenters. The number of hydrogen-bond donors (Lipinski definition) is 1. The zero-order valence-electron chi connectivity index (χ0n) is 39.0. The van der Waals surface area contributed by atoms with Crippen LogP contribution in [-0.2, 0) is 33.3 Å². The normalized spacial score (nSPS) is 14.9. The van der Waals surface area contributed by atoms with E-state index in [4.69, 9.17) is 23.7 Å². The number of likely N-dealkylation sites (tertiary alicyclic amines) is 1. The third-order valence-corrected chi connectivity index (χ3v) is 11.6. The van der Waals surface area contributed by atoms with Crippen LogP contribution < -0.4 is 0 Å². The first-order valence-corrected chi connectivity index (χ1v) is 24.8. The highest BCUT2D eigenvalue weighted by molar-refractivity contribution is 5.70. The summed E-state index contributed by atoms with van der Waals surface area (Å²) in [7, 11) is 0. The van der Waals surface area contributed by atoms with Gasteiger partial charge in [0.2, 0.25) is 0 Å². The molecule has 1 aliphatic heterocycles. The van der Waals surface area contributed by atoms with E-state index in [1.54, 1.807) is 0 Å². The first kappa shape index (κ1) is 55.6. The molecule has 0 aliphatic carbocycles. The van der Waals surface area contributed by atoms with Crippen LogP contribution in [0.5, 0.6) is 0 Å². The van der Waals surface area contributed by atoms with Gasteiger partial charge in [-0.1, -0.05) is 148 Å². The van der Waals surface area contributed by atoms with Gasteiger partial charge in [-0.15, -0.1) is 0 Å². The molecule has 0 bridgehead atoms. The Morgan fingerprint density at radius 2 is 1.15 bits per heavy atom. The highest BCUT2D eigenvalue weighted by Crippen LogP contribution is 2.23. The van der Waals surface area contributed by atoms with E-state index in [2.05, 4.69) is 56.9 Å². The van der Waals surface area contributed by atoms with E-state index >= 15 is 0 Å². The lowest BCUT2D eigenvalue weighted by atomic mass is 9.90. The topological polar surface area (TPSA) is 121 Å². The summed E-state index contributed by atoms with van der Waals surface area (Å²) < 4.78 is 29.1. The van der Waals surface area contributed by atoms with Crippen molar-refractivity contribution in [2.24, 2.45) is 11.8 Å². The average molecular weight is 850 g/mol. The first-order valence-electron chi connectivity index (χ1n) is 24.8. The molecular weight excluding hydrogens is 759 g/mol. The van der Waals surface area contributed by atoms with Crippen LogP contribution >= 0.6 is 0 Å². The predicted molar refractivity (Wildman–Crippen MR) is 244 cm³/mol. The molecule has 350 valence electrons. The van der Waals surface area contributed by atoms with Gasteiger partial charge in [-0.05, 0) is 77.2 Å². The van der Waals surface area contributed by atoms with Crippen molar-refractivity contribution < 1.29 is 43.2 Å². The third kappa shape index (κ3) is 33.2. The second kappa shape index (κ2) is 40.6. The van der Waals surface area contributed by atoms with Gasteiger partial charge in [0.05, 0.1) is 18.9 Å². The molecule has 0 spiro atoms. The van der Waals surface area contributed by atoms with Gasteiger partial charge >= 0.3 is 18.1 Å². The minimum absolute atomic E-state index is 0.0348. The van der Waals surface area contributed by atoms with Crippen LogP contribution in [0.4, 0.5) is 4.79 Å². The van der Waals surface area contributed by atoms with Gasteiger partial charge in [0.1, 0.15) is 12.7 Å². The summed E-state index contributed by atoms with van der Waals surface area (Å²) in [4.78, 5) is 40.6. The van der Waals surface area contributed by atoms with Gasteiger partial charge in [-0.25, -0.2) is 4.79 Å². The molecular formula is C50H91NO9. The third-order valence-electron chi connectivity index (χ3n) is 11.6. The molecule has 1 fully saturated rings. The minimum atomic E-state index is -0.880. The van der Waals surface area contributed by atoms with E-state index in [-0.39, 0.29) is 32.2 Å². The molecule has 10 heteroatoms. The molecule has 0 aromatic carbocycles. The van der Waals surface area contributed by atoms with Gasteiger partial charge < -0.3 is 33.7 Å². The number of hydrogen-bond acceptors (Lipinski definition) is 9. The zero-order valence-corrected chi connectivity index (χ0v) is 39.0. The van der Waals surface area contributed by atoms with Gasteiger partial charge in [0, 0.05) is 38.6 Å². The maximum Gasteiger partial charge on any atom is 0.508 e. The van der Waals surface area contributed by atoms with Crippen LogP contribution in [-0.4, -0.2) is 86.6 Å². The van der Waals surface area contributed by atoms with E-state index in [0.717, 1.165) is 103 Å². The number of piperidine rings is 1. The number of esters is 1. The van der Waals surface area contributed by atoms with Crippen molar-refractivity contribution in [1.29, 1.82) is 0 Å². The Balaban J connectivity index is 2.69. The number of carbonyl (C=O) groups excluding carboxylic acids is 2. The summed E-state index contributed by atoms with van der Waals surface area (Å²) in [6.07, 6.45) is 35.2. The van der Waals surface area contributed by atoms with E-state index in [9.17, 15) is 19.5 Å². The van der Waals surface area contributed by atoms with E-state index in [1.165, 1.54) is 70.6 Å². The van der Waals surface area contributed by atoms with E-state index in [1.807, 2.05) is 0 Å². The van der Waals surface area contributed by atoms with Crippen molar-refractivity contribution in [2.75, 3.05) is 46.1 Å². The van der Waals surface area contributed by atoms with Gasteiger partial charge in [-0.2, -0.15) is 0 Å². The fourth-order valence-electron chi connectivity index (χ4n) is 7.58. The highest BCUT2D eigenvalue weighted by Gasteiger charge is 2.27. The molecule has 1 saturated heterocycles. The van der Waals surface area contributed by atoms with Crippen molar-refractivity contribution in [2.45, 2.75) is 220 Å². The minimum Gasteiger partial charge on any atom is -0.481 e. The van der Waals surface area contributed by atoms with Crippen LogP contribution in [0.15, 0.2) is 24.3 Å². The lowest BCUT2D eigenvalue weighted by molar-refractivity contribution is -0.160. The Morgan fingerprint density at radius 1 is 0.633 bits per heavy atom. The average Bonchev–Trinajstić information content (AvgIpc) is 3.25. The Hall–Kier alpha value is -2.43. The van der Waals surface area contributed by atoms with Crippen LogP contribution in [0.3, 0.4) is 0 Å². The fourth-order valence-corrected chi connectivity index (χ4v) is 7.58. The molecule has 0 radical (unpaired) electrons. The molecule has 0 aromatic heterocycles. The standard InChI is InChI=1S/C50H91NO9/c1-5-9-12-15-18-19-20-21-22-23-24-25-26-29-32-45(49(53)54)41-44(43-59-50(55)60-46-35-37-51(8-4)38-36-46)42-58-47(52)33-34-48(56-39-30-27-16-13-10-6-2)57-40-31-28-17-14-11-7-3/h18-19,21-22,44-46,48H,5-17,20,23-43H2,1-4H3,(H,53,54)/b19-18-,22-21-. The Morgan fingerprint density at radius 3 is 1.73 bits per heavy atom. The molecule has 0 saturated carbocycles. The molecule has 60 heavy (non-hydrogen) atoms. The van der Waals surface area contributed by atoms with Crippen LogP contribution in [0, 0.1) is 11.8 Å². The summed E-state index contributed by atoms with van der Waals surface area (Å²) in [6.45, 7) is 12.6. The largest absolute Gasteiger partial charge is 0.508 e. The predicted octanol–water partition coefficient (Wildman–Crippen LogP) is 13.2. The fraction of sp³-hybridized carbons (Fsp3) is 0.860. The maximum absolute atomic E-state index is 13.1. The van der Waals surface area contributed by atoms with E-state index < -0.39 is 36.2 Å². The number of allylic oxidation sites excluding steroid dienone is 4. The summed E-state index contributed by atoms with van der Waals surface area (Å²) in [5, 5.41) is 10.2. The Labute approximate surface area is 367 Å². The van der Waals surface area contributed by atoms with Crippen molar-refractivity contribution in [3.63, 3.8) is 0 Å². The number of carboxylic acid groups (broad SMARTS) is 1. The number of unbranched alkanes of at least 4 members (excludes halogenated alkanes) is 17. The monoisotopic (exact) mass is 850 g/mol. The van der Waals surface area contributed by atoms with Crippen LogP contribution in [0.2, 0.25) is 0 Å². The number of nitrogens with zero attached hydrogens (tertiary/aromatic N) is 1. The molecule has 0 amide bonds. The summed E-state index contributed by atoms with van der Waals surface area (Å²) in [5.74, 6) is -2.38. The second-order valence-corrected chi connectivity index (χ2v) is 17.0. The van der Waals surface area contributed by atoms with Crippen molar-refractivity contribution in [1.82, 2.24) is 4.90 Å². The number of ether oxygens (including phenoxy) is 5. The van der Waals surface area contributed by atoms with Crippen LogP contribution in [0.1, 0.15) is 207 Å². The van der Waals surface area contributed by atoms with Crippen LogP contribution in [0.25, 0.3) is 0 Å². The molecule has 1 rings (SSSR count). The van der Waals surface area contributed by atoms with Gasteiger partial charge in [0.25, 0.3) is 0 Å². The van der Waals surface area contributed by atoms with Gasteiger partial charge in [0.15, 0.2) is 6.29 Å². The zero-order chi connectivity index (χ0) is 43.7. The lowest BCUT2D eigenvalue weighted by Gasteiger charge is -2.30. The summed E-state index contributed by atoms with van der Waals surface area (Å²) in [5.41, 5.74) is 0. The molecule has 0 aromatic rings. The first-order chi connectivity index (χ1) is 29.3. The maximum atomic E-state index is 13.1. The molecule has 1 N–H and O–H groups in total. The van der Waals surface area contributed by atoms with Gasteiger partial charge in [-0.3, -0.25) is 9.59 Å². The Bertz CT molecular complexity index is 1060. The smallest absolute Gasteiger partial charge is 0.481 e. The number of carboxylic acids is 1. The van der Waals surface area contributed by atoms with Crippen molar-refractivity contribution in [3.05, 3.63) is 24.3 Å². The number of carbonyl (C=O) groups is 3. The molecule has 2 atom stereocenters. The second-order valence-electron chi connectivity index (χ2n) is 17.0.